The van der Waals surface area contributed by atoms with Gasteiger partial charge in [-0.15, -0.1) is 0 Å². The van der Waals surface area contributed by atoms with Crippen molar-refractivity contribution in [2.75, 3.05) is 18.9 Å². The second-order valence-corrected chi connectivity index (χ2v) is 10.6. The summed E-state index contributed by atoms with van der Waals surface area (Å²) in [5, 5.41) is 7.73. The maximum atomic E-state index is 13.6. The maximum absolute atomic E-state index is 13.6. The number of ketones is 1. The van der Waals surface area contributed by atoms with Gasteiger partial charge in [-0.3, -0.25) is 19.7 Å². The van der Waals surface area contributed by atoms with E-state index in [9.17, 15) is 27.6 Å². The molecule has 0 atom stereocenters. The molecule has 3 N–H and O–H groups in total. The van der Waals surface area contributed by atoms with Gasteiger partial charge in [-0.05, 0) is 57.4 Å². The van der Waals surface area contributed by atoms with Crippen LogP contribution in [-0.2, 0) is 16.8 Å². The molecule has 2 amide bonds. The number of nitrogens with zero attached hydrogens (tertiary/aromatic N) is 1. The summed E-state index contributed by atoms with van der Waals surface area (Å²) < 4.78 is 42.7. The van der Waals surface area contributed by atoms with Gasteiger partial charge in [-0.1, -0.05) is 11.6 Å². The molecule has 2 aromatic rings. The molecule has 36 heavy (non-hydrogen) atoms. The summed E-state index contributed by atoms with van der Waals surface area (Å²) in [6, 6.07) is 3.83. The average molecular weight is 525 g/mol. The van der Waals surface area contributed by atoms with E-state index in [-0.39, 0.29) is 17.3 Å². The molecule has 0 bridgehead atoms. The van der Waals surface area contributed by atoms with Crippen molar-refractivity contribution >= 4 is 34.9 Å². The monoisotopic (exact) mass is 524 g/mol. The molecule has 2 heterocycles. The number of alkyl halides is 2. The van der Waals surface area contributed by atoms with E-state index in [1.165, 1.54) is 19.2 Å². The fourth-order valence-corrected chi connectivity index (χ4v) is 5.55. The summed E-state index contributed by atoms with van der Waals surface area (Å²) in [7, 11) is 1.36. The van der Waals surface area contributed by atoms with Crippen molar-refractivity contribution in [2.45, 2.75) is 63.5 Å². The van der Waals surface area contributed by atoms with Gasteiger partial charge >= 0.3 is 0 Å². The van der Waals surface area contributed by atoms with Crippen molar-refractivity contribution in [3.63, 3.8) is 0 Å². The van der Waals surface area contributed by atoms with E-state index in [0.717, 1.165) is 6.07 Å². The number of hydrogen-bond donors (Lipinski definition) is 3. The minimum Gasteiger partial charge on any atom is -0.358 e. The highest BCUT2D eigenvalue weighted by Crippen LogP contribution is 2.46. The van der Waals surface area contributed by atoms with Crippen LogP contribution >= 0.6 is 11.6 Å². The smallest absolute Gasteiger partial charge is 0.272 e. The molecule has 1 aromatic carbocycles. The first-order chi connectivity index (χ1) is 16.7. The van der Waals surface area contributed by atoms with E-state index in [2.05, 4.69) is 16.0 Å². The number of likely N-dealkylation sites (N-methyl/N-ethyl adjacent to an activating group) is 1. The first kappa shape index (κ1) is 26.2. The van der Waals surface area contributed by atoms with Crippen molar-refractivity contribution in [3.05, 3.63) is 51.6 Å². The molecule has 1 aliphatic heterocycles. The lowest BCUT2D eigenvalue weighted by molar-refractivity contribution is -0.161. The van der Waals surface area contributed by atoms with Crippen LogP contribution in [0.5, 0.6) is 0 Å². The third-order valence-electron chi connectivity index (χ3n) is 7.13. The van der Waals surface area contributed by atoms with Crippen LogP contribution in [0.4, 0.5) is 18.9 Å². The molecule has 1 aliphatic carbocycles. The van der Waals surface area contributed by atoms with Crippen LogP contribution in [0.15, 0.2) is 18.2 Å². The number of amides is 2. The molecule has 194 valence electrons. The fraction of sp³-hybridized carbons (Fsp3) is 0.480. The minimum absolute atomic E-state index is 0.140. The van der Waals surface area contributed by atoms with Crippen LogP contribution < -0.4 is 16.0 Å². The Labute approximate surface area is 211 Å². The number of halogens is 4. The molecule has 1 saturated carbocycles. The van der Waals surface area contributed by atoms with E-state index >= 15 is 0 Å². The van der Waals surface area contributed by atoms with E-state index < -0.39 is 53.3 Å². The first-order valence-corrected chi connectivity index (χ1v) is 12.0. The molecule has 1 fully saturated rings. The average Bonchev–Trinajstić information content (AvgIpc) is 3.25. The Balaban J connectivity index is 1.64. The Morgan fingerprint density at radius 3 is 2.42 bits per heavy atom. The van der Waals surface area contributed by atoms with Crippen LogP contribution in [0.3, 0.4) is 0 Å². The van der Waals surface area contributed by atoms with Gasteiger partial charge in [0.25, 0.3) is 11.8 Å². The van der Waals surface area contributed by atoms with Crippen LogP contribution in [0.25, 0.3) is 0 Å². The Bertz CT molecular complexity index is 1260. The summed E-state index contributed by atoms with van der Waals surface area (Å²) in [5.41, 5.74) is 0.0683. The van der Waals surface area contributed by atoms with Crippen molar-refractivity contribution in [3.8, 4) is 0 Å². The number of anilines is 1. The van der Waals surface area contributed by atoms with E-state index in [1.54, 1.807) is 6.92 Å². The Morgan fingerprint density at radius 2 is 1.83 bits per heavy atom. The molecule has 0 unspecified atom stereocenters. The Hall–Kier alpha value is -2.85. The van der Waals surface area contributed by atoms with Crippen LogP contribution in [0, 0.1) is 12.7 Å². The zero-order chi connectivity index (χ0) is 26.6. The van der Waals surface area contributed by atoms with Gasteiger partial charge in [0.2, 0.25) is 5.91 Å². The van der Waals surface area contributed by atoms with Crippen molar-refractivity contribution < 1.29 is 27.6 Å². The van der Waals surface area contributed by atoms with Gasteiger partial charge in [0.1, 0.15) is 17.1 Å². The summed E-state index contributed by atoms with van der Waals surface area (Å²) in [6.45, 7) is 5.24. The molecule has 4 rings (SSSR count). The number of aromatic nitrogens is 1. The van der Waals surface area contributed by atoms with Gasteiger partial charge in [-0.25, -0.2) is 13.2 Å². The number of fused-ring (bicyclic) bond motifs is 1. The number of rotatable bonds is 7. The van der Waals surface area contributed by atoms with Gasteiger partial charge in [0.15, 0.2) is 5.78 Å². The summed E-state index contributed by atoms with van der Waals surface area (Å²) in [4.78, 5) is 39.0. The lowest BCUT2D eigenvalue weighted by atomic mass is 9.72. The zero-order valence-corrected chi connectivity index (χ0v) is 21.2. The van der Waals surface area contributed by atoms with Crippen LogP contribution in [0.1, 0.15) is 65.2 Å². The van der Waals surface area contributed by atoms with Crippen molar-refractivity contribution in [1.29, 1.82) is 0 Å². The third-order valence-corrected chi connectivity index (χ3v) is 7.42. The SMILES string of the molecule is CNC(=O)C1(NCC(=O)c2c(C)c(C(=O)Nc3ccc(F)c(Cl)c3)n3c2CCC3(C)C)CC(F)(F)C1. The molecular formula is C25H28ClF3N4O3. The summed E-state index contributed by atoms with van der Waals surface area (Å²) >= 11 is 5.84. The highest BCUT2D eigenvalue weighted by atomic mass is 35.5. The standard InChI is InChI=1S/C25H28ClF3N4O3/c1-13-19(18(34)10-31-24(22(36)30-4)11-25(28,29)12-24)17-7-8-23(2,3)33(17)20(13)21(35)32-14-5-6-16(27)15(26)9-14/h5-6,9,31H,7-8,10-12H2,1-4H3,(H,30,36)(H,32,35). The normalized spacial score (nSPS) is 18.8. The number of carbonyl (C=O) groups is 3. The van der Waals surface area contributed by atoms with Crippen LogP contribution in [0.2, 0.25) is 5.02 Å². The molecule has 0 spiro atoms. The molecule has 0 radical (unpaired) electrons. The first-order valence-electron chi connectivity index (χ1n) is 11.6. The predicted octanol–water partition coefficient (Wildman–Crippen LogP) is 4.21. The number of nitrogens with one attached hydrogen (secondary N) is 3. The second-order valence-electron chi connectivity index (χ2n) is 10.2. The summed E-state index contributed by atoms with van der Waals surface area (Å²) in [5.74, 6) is -5.07. The minimum atomic E-state index is -2.98. The van der Waals surface area contributed by atoms with E-state index in [0.29, 0.717) is 35.3 Å². The van der Waals surface area contributed by atoms with Crippen LogP contribution in [-0.4, -0.2) is 47.2 Å². The lowest BCUT2D eigenvalue weighted by Gasteiger charge is -2.46. The highest BCUT2D eigenvalue weighted by Gasteiger charge is 2.60. The zero-order valence-electron chi connectivity index (χ0n) is 20.5. The third kappa shape index (κ3) is 4.41. The molecule has 11 heteroatoms. The molecular weight excluding hydrogens is 497 g/mol. The lowest BCUT2D eigenvalue weighted by Crippen LogP contribution is -2.68. The van der Waals surface area contributed by atoms with E-state index in [4.69, 9.17) is 11.6 Å². The molecule has 2 aliphatic rings. The molecule has 1 aromatic heterocycles. The molecule has 0 saturated heterocycles. The van der Waals surface area contributed by atoms with Crippen molar-refractivity contribution in [1.82, 2.24) is 15.2 Å². The predicted molar refractivity (Wildman–Crippen MR) is 129 cm³/mol. The number of hydrogen-bond acceptors (Lipinski definition) is 4. The number of benzene rings is 1. The number of carbonyl (C=O) groups excluding carboxylic acids is 3. The fourth-order valence-electron chi connectivity index (χ4n) is 5.37. The van der Waals surface area contributed by atoms with Gasteiger partial charge in [0.05, 0.1) is 11.6 Å². The number of Topliss-reactive ketones (excluding diaryl/α,β-unsaturated/α-hetero) is 1. The van der Waals surface area contributed by atoms with Crippen molar-refractivity contribution in [2.24, 2.45) is 0 Å². The Morgan fingerprint density at radius 1 is 1.17 bits per heavy atom. The molecule has 7 nitrogen and oxygen atoms in total. The summed E-state index contributed by atoms with van der Waals surface area (Å²) in [6.07, 6.45) is -0.155. The largest absolute Gasteiger partial charge is 0.358 e. The van der Waals surface area contributed by atoms with Gasteiger partial charge in [-0.2, -0.15) is 0 Å². The maximum Gasteiger partial charge on any atom is 0.272 e. The topological polar surface area (TPSA) is 92.2 Å². The quantitative estimate of drug-likeness (QED) is 0.473. The van der Waals surface area contributed by atoms with E-state index in [1.807, 2.05) is 18.4 Å². The Kier molecular flexibility index (Phi) is 6.49. The van der Waals surface area contributed by atoms with Gasteiger partial charge < -0.3 is 15.2 Å². The van der Waals surface area contributed by atoms with Gasteiger partial charge in [0, 0.05) is 42.4 Å². The highest BCUT2D eigenvalue weighted by molar-refractivity contribution is 6.31. The second kappa shape index (κ2) is 8.92.